The predicted molar refractivity (Wildman–Crippen MR) is 107 cm³/mol. The summed E-state index contributed by atoms with van der Waals surface area (Å²) in [6.45, 7) is 18.9. The molecule has 0 unspecified atom stereocenters. The fourth-order valence-electron chi connectivity index (χ4n) is 4.40. The van der Waals surface area contributed by atoms with Crippen LogP contribution >= 0.6 is 0 Å². The van der Waals surface area contributed by atoms with Gasteiger partial charge in [0.2, 0.25) is 5.91 Å². The monoisotopic (exact) mass is 350 g/mol. The van der Waals surface area contributed by atoms with E-state index >= 15 is 0 Å². The van der Waals surface area contributed by atoms with Crippen molar-refractivity contribution in [2.45, 2.75) is 86.5 Å². The van der Waals surface area contributed by atoms with E-state index in [0.717, 1.165) is 13.1 Å². The van der Waals surface area contributed by atoms with Crippen molar-refractivity contribution >= 4 is 5.91 Å². The van der Waals surface area contributed by atoms with Gasteiger partial charge in [-0.3, -0.25) is 4.79 Å². The first-order valence-electron chi connectivity index (χ1n) is 10.5. The first-order valence-corrected chi connectivity index (χ1v) is 10.5. The highest BCUT2D eigenvalue weighted by atomic mass is 16.2. The number of unbranched alkanes of at least 4 members (excludes halogenated alkanes) is 1. The molecule has 2 saturated heterocycles. The fraction of sp³-hybridized carbons (Fsp3) is 0.955. The lowest BCUT2D eigenvalue weighted by Gasteiger charge is -2.47. The molecular formula is C22H42N2O. The summed E-state index contributed by atoms with van der Waals surface area (Å²) in [5, 5.41) is 0. The molecule has 25 heavy (non-hydrogen) atoms. The van der Waals surface area contributed by atoms with Crippen molar-refractivity contribution in [3.05, 3.63) is 0 Å². The van der Waals surface area contributed by atoms with Crippen LogP contribution in [0.3, 0.4) is 0 Å². The van der Waals surface area contributed by atoms with Gasteiger partial charge in [-0.1, -0.05) is 48.0 Å². The van der Waals surface area contributed by atoms with Crippen molar-refractivity contribution in [3.63, 3.8) is 0 Å². The van der Waals surface area contributed by atoms with E-state index in [-0.39, 0.29) is 5.41 Å². The molecule has 2 aliphatic rings. The molecule has 1 spiro atoms. The molecule has 0 radical (unpaired) electrons. The summed E-state index contributed by atoms with van der Waals surface area (Å²) in [5.74, 6) is 0.332. The highest BCUT2D eigenvalue weighted by molar-refractivity contribution is 5.81. The number of hydrogen-bond acceptors (Lipinski definition) is 2. The summed E-state index contributed by atoms with van der Waals surface area (Å²) < 4.78 is 0. The fourth-order valence-corrected chi connectivity index (χ4v) is 4.40. The van der Waals surface area contributed by atoms with Crippen LogP contribution in [-0.2, 0) is 4.79 Å². The summed E-state index contributed by atoms with van der Waals surface area (Å²) in [7, 11) is 0. The Hall–Kier alpha value is -0.570. The van der Waals surface area contributed by atoms with Crippen molar-refractivity contribution < 1.29 is 4.79 Å². The van der Waals surface area contributed by atoms with Crippen LogP contribution in [0.4, 0.5) is 0 Å². The van der Waals surface area contributed by atoms with Crippen LogP contribution in [0.25, 0.3) is 0 Å². The van der Waals surface area contributed by atoms with Gasteiger partial charge in [-0.2, -0.15) is 0 Å². The van der Waals surface area contributed by atoms with Crippen LogP contribution in [0.2, 0.25) is 0 Å². The highest BCUT2D eigenvalue weighted by Crippen LogP contribution is 2.42. The predicted octanol–water partition coefficient (Wildman–Crippen LogP) is 4.95. The van der Waals surface area contributed by atoms with Crippen molar-refractivity contribution in [1.82, 2.24) is 9.80 Å². The molecule has 3 heteroatoms. The Kier molecular flexibility index (Phi) is 6.62. The summed E-state index contributed by atoms with van der Waals surface area (Å²) in [6.07, 6.45) is 9.14. The molecule has 0 bridgehead atoms. The molecule has 2 fully saturated rings. The lowest BCUT2D eigenvalue weighted by Crippen LogP contribution is -2.50. The van der Waals surface area contributed by atoms with Crippen LogP contribution in [0.15, 0.2) is 0 Å². The molecule has 2 aliphatic heterocycles. The minimum absolute atomic E-state index is 0.235. The second-order valence-corrected chi connectivity index (χ2v) is 10.9. The van der Waals surface area contributed by atoms with Gasteiger partial charge < -0.3 is 9.80 Å². The van der Waals surface area contributed by atoms with E-state index in [4.69, 9.17) is 0 Å². The molecule has 0 aromatic rings. The molecule has 0 aromatic heterocycles. The van der Waals surface area contributed by atoms with Crippen LogP contribution < -0.4 is 0 Å². The third-order valence-electron chi connectivity index (χ3n) is 6.32. The van der Waals surface area contributed by atoms with E-state index in [2.05, 4.69) is 30.6 Å². The van der Waals surface area contributed by atoms with Crippen molar-refractivity contribution in [3.8, 4) is 0 Å². The second-order valence-electron chi connectivity index (χ2n) is 10.9. The van der Waals surface area contributed by atoms with Crippen molar-refractivity contribution in [2.75, 3.05) is 32.7 Å². The molecule has 2 rings (SSSR count). The van der Waals surface area contributed by atoms with E-state index in [1.807, 2.05) is 20.8 Å². The first kappa shape index (κ1) is 20.7. The van der Waals surface area contributed by atoms with E-state index in [9.17, 15) is 4.79 Å². The Morgan fingerprint density at radius 3 is 1.84 bits per heavy atom. The summed E-state index contributed by atoms with van der Waals surface area (Å²) in [6, 6.07) is 0. The Morgan fingerprint density at radius 2 is 1.36 bits per heavy atom. The zero-order valence-corrected chi connectivity index (χ0v) is 17.8. The number of hydrogen-bond donors (Lipinski definition) is 0. The zero-order valence-electron chi connectivity index (χ0n) is 17.8. The van der Waals surface area contributed by atoms with E-state index < -0.39 is 0 Å². The van der Waals surface area contributed by atoms with Crippen LogP contribution in [0, 0.1) is 16.2 Å². The van der Waals surface area contributed by atoms with Crippen LogP contribution in [-0.4, -0.2) is 48.4 Å². The number of carbonyl (C=O) groups is 1. The van der Waals surface area contributed by atoms with Crippen molar-refractivity contribution in [1.29, 1.82) is 0 Å². The van der Waals surface area contributed by atoms with E-state index in [1.165, 1.54) is 64.6 Å². The third kappa shape index (κ3) is 6.27. The van der Waals surface area contributed by atoms with Crippen LogP contribution in [0.5, 0.6) is 0 Å². The normalized spacial score (nSPS) is 22.4. The lowest BCUT2D eigenvalue weighted by molar-refractivity contribution is -0.142. The van der Waals surface area contributed by atoms with Gasteiger partial charge in [-0.05, 0) is 69.0 Å². The largest absolute Gasteiger partial charge is 0.342 e. The molecule has 0 atom stereocenters. The number of piperidine rings is 2. The maximum atomic E-state index is 12.5. The molecule has 2 heterocycles. The van der Waals surface area contributed by atoms with E-state index in [1.54, 1.807) is 0 Å². The number of likely N-dealkylation sites (tertiary alicyclic amines) is 2. The molecule has 0 aromatic carbocycles. The summed E-state index contributed by atoms with van der Waals surface area (Å²) in [5.41, 5.74) is 0.766. The molecule has 0 N–H and O–H groups in total. The number of nitrogens with zero attached hydrogens (tertiary/aromatic N) is 2. The number of carbonyl (C=O) groups excluding carboxylic acids is 1. The molecule has 3 nitrogen and oxygen atoms in total. The molecular weight excluding hydrogens is 308 g/mol. The van der Waals surface area contributed by atoms with Gasteiger partial charge in [0.05, 0.1) is 0 Å². The average Bonchev–Trinajstić information content (AvgIpc) is 2.52. The van der Waals surface area contributed by atoms with Gasteiger partial charge in [0, 0.05) is 18.5 Å². The Bertz CT molecular complexity index is 426. The Labute approximate surface area is 156 Å². The smallest absolute Gasteiger partial charge is 0.227 e. The topological polar surface area (TPSA) is 23.6 Å². The number of rotatable bonds is 4. The second kappa shape index (κ2) is 7.98. The van der Waals surface area contributed by atoms with Gasteiger partial charge in [-0.25, -0.2) is 0 Å². The molecule has 146 valence electrons. The Morgan fingerprint density at radius 1 is 0.840 bits per heavy atom. The standard InChI is InChI=1S/C22H42N2O/c1-20(2,3)9-7-8-14-23-15-10-22(11-16-23)12-17-24(18-13-22)19(25)21(4,5)6/h7-18H2,1-6H3. The minimum Gasteiger partial charge on any atom is -0.342 e. The molecule has 0 aliphatic carbocycles. The first-order chi connectivity index (χ1) is 11.5. The minimum atomic E-state index is -0.235. The van der Waals surface area contributed by atoms with Gasteiger partial charge in [0.25, 0.3) is 0 Å². The summed E-state index contributed by atoms with van der Waals surface area (Å²) >= 11 is 0. The number of amides is 1. The van der Waals surface area contributed by atoms with Gasteiger partial charge in [0.15, 0.2) is 0 Å². The SMILES string of the molecule is CC(C)(C)CCCCN1CCC2(CC1)CCN(C(=O)C(C)(C)C)CC2. The van der Waals surface area contributed by atoms with Crippen LogP contribution in [0.1, 0.15) is 86.5 Å². The third-order valence-corrected chi connectivity index (χ3v) is 6.32. The molecule has 1 amide bonds. The highest BCUT2D eigenvalue weighted by Gasteiger charge is 2.39. The quantitative estimate of drug-likeness (QED) is 0.670. The average molecular weight is 351 g/mol. The van der Waals surface area contributed by atoms with Gasteiger partial charge >= 0.3 is 0 Å². The summed E-state index contributed by atoms with van der Waals surface area (Å²) in [4.78, 5) is 17.3. The van der Waals surface area contributed by atoms with Gasteiger partial charge in [-0.15, -0.1) is 0 Å². The van der Waals surface area contributed by atoms with Crippen molar-refractivity contribution in [2.24, 2.45) is 16.2 Å². The van der Waals surface area contributed by atoms with E-state index in [0.29, 0.717) is 16.7 Å². The Balaban J connectivity index is 1.69. The van der Waals surface area contributed by atoms with Gasteiger partial charge in [0.1, 0.15) is 0 Å². The molecule has 0 saturated carbocycles. The maximum Gasteiger partial charge on any atom is 0.227 e. The maximum absolute atomic E-state index is 12.5. The lowest BCUT2D eigenvalue weighted by atomic mass is 9.71. The zero-order chi connectivity index (χ0) is 18.7.